The molecule has 3 aliphatic rings. The molecule has 0 aromatic heterocycles. The summed E-state index contributed by atoms with van der Waals surface area (Å²) in [6.07, 6.45) is 0. The lowest BCUT2D eigenvalue weighted by Gasteiger charge is -2.38. The van der Waals surface area contributed by atoms with Crippen LogP contribution >= 0.6 is 35.0 Å². The van der Waals surface area contributed by atoms with Crippen LogP contribution in [-0.4, -0.2) is 77.0 Å². The highest BCUT2D eigenvalue weighted by Gasteiger charge is 2.53. The number of rotatable bonds is 4. The van der Waals surface area contributed by atoms with Gasteiger partial charge in [-0.05, 0) is 60.0 Å². The molecule has 0 aliphatic carbocycles. The third-order valence-electron chi connectivity index (χ3n) is 7.59. The summed E-state index contributed by atoms with van der Waals surface area (Å²) in [5.41, 5.74) is 2.49. The fraction of sp³-hybridized carbons (Fsp3) is 0.414. The molecule has 0 N–H and O–H groups in total. The van der Waals surface area contributed by atoms with Crippen molar-refractivity contribution in [1.29, 1.82) is 0 Å². The number of piperazine rings is 1. The normalized spacial score (nSPS) is 22.9. The van der Waals surface area contributed by atoms with Gasteiger partial charge in [-0.25, -0.2) is 9.79 Å². The molecular weight excluding hydrogens is 553 g/mol. The number of urea groups is 1. The minimum Gasteiger partial charge on any atom is -0.335 e. The molecule has 7 nitrogen and oxygen atoms in total. The van der Waals surface area contributed by atoms with Crippen LogP contribution in [0, 0.1) is 5.92 Å². The average molecular weight is 587 g/mol. The number of hydrogen-bond acceptors (Lipinski definition) is 5. The molecule has 10 heteroatoms. The van der Waals surface area contributed by atoms with E-state index in [0.29, 0.717) is 41.1 Å². The molecule has 2 unspecified atom stereocenters. The van der Waals surface area contributed by atoms with E-state index in [1.165, 1.54) is 11.8 Å². The quantitative estimate of drug-likeness (QED) is 0.437. The van der Waals surface area contributed by atoms with Gasteiger partial charge in [0.05, 0.1) is 6.04 Å². The van der Waals surface area contributed by atoms with Gasteiger partial charge >= 0.3 is 6.03 Å². The number of allylic oxidation sites excluding steroid dienone is 1. The van der Waals surface area contributed by atoms with Gasteiger partial charge in [-0.3, -0.25) is 4.79 Å². The van der Waals surface area contributed by atoms with E-state index in [-0.39, 0.29) is 23.9 Å². The van der Waals surface area contributed by atoms with Crippen molar-refractivity contribution in [2.45, 2.75) is 32.4 Å². The van der Waals surface area contributed by atoms with E-state index in [1.807, 2.05) is 53.4 Å². The maximum atomic E-state index is 13.9. The molecule has 5 rings (SSSR count). The lowest BCUT2D eigenvalue weighted by atomic mass is 9.81. The van der Waals surface area contributed by atoms with E-state index in [0.717, 1.165) is 22.0 Å². The minimum atomic E-state index is -0.604. The Morgan fingerprint density at radius 2 is 1.49 bits per heavy atom. The molecule has 2 aromatic rings. The number of carbonyl (C=O) groups is 2. The number of thioether (sulfide) groups is 1. The van der Waals surface area contributed by atoms with Gasteiger partial charge in [0.2, 0.25) is 0 Å². The molecule has 0 radical (unpaired) electrons. The summed E-state index contributed by atoms with van der Waals surface area (Å²) in [5.74, 6) is 0.0870. The monoisotopic (exact) mass is 585 g/mol. The number of carbonyl (C=O) groups excluding carboxylic acids is 2. The lowest BCUT2D eigenvalue weighted by Crippen LogP contribution is -2.53. The number of benzene rings is 2. The number of nitrogens with zero attached hydrogens (tertiary/aromatic N) is 5. The number of amides is 3. The van der Waals surface area contributed by atoms with Crippen molar-refractivity contribution in [3.05, 3.63) is 80.3 Å². The molecule has 206 valence electrons. The maximum Gasteiger partial charge on any atom is 0.319 e. The second-order valence-corrected chi connectivity index (χ2v) is 12.7. The molecule has 0 saturated carbocycles. The largest absolute Gasteiger partial charge is 0.335 e. The molecule has 0 bridgehead atoms. The van der Waals surface area contributed by atoms with Crippen LogP contribution in [0.3, 0.4) is 0 Å². The van der Waals surface area contributed by atoms with Crippen LogP contribution in [-0.2, 0) is 10.3 Å². The van der Waals surface area contributed by atoms with E-state index in [4.69, 9.17) is 28.2 Å². The van der Waals surface area contributed by atoms with Gasteiger partial charge in [-0.15, -0.1) is 0 Å². The third kappa shape index (κ3) is 5.03. The maximum absolute atomic E-state index is 13.9. The van der Waals surface area contributed by atoms with Crippen molar-refractivity contribution in [1.82, 2.24) is 19.6 Å². The Labute approximate surface area is 244 Å². The zero-order valence-corrected chi connectivity index (χ0v) is 25.1. The number of hydrogen-bond donors (Lipinski definition) is 0. The fourth-order valence-electron chi connectivity index (χ4n) is 5.59. The van der Waals surface area contributed by atoms with Crippen molar-refractivity contribution < 1.29 is 9.59 Å². The van der Waals surface area contributed by atoms with Crippen LogP contribution in [0.25, 0.3) is 0 Å². The van der Waals surface area contributed by atoms with Crippen LogP contribution in [0.15, 0.2) is 64.1 Å². The molecular formula is C29H33Cl2N5O2S. The summed E-state index contributed by atoms with van der Waals surface area (Å²) < 4.78 is 0. The van der Waals surface area contributed by atoms with Crippen molar-refractivity contribution in [2.24, 2.45) is 10.9 Å². The van der Waals surface area contributed by atoms with Crippen LogP contribution in [0.5, 0.6) is 0 Å². The summed E-state index contributed by atoms with van der Waals surface area (Å²) in [6, 6.07) is 15.5. The molecule has 2 atom stereocenters. The number of amidine groups is 1. The van der Waals surface area contributed by atoms with Crippen LogP contribution in [0.1, 0.15) is 37.9 Å². The summed E-state index contributed by atoms with van der Waals surface area (Å²) in [5, 5.41) is 2.17. The molecule has 1 saturated heterocycles. The van der Waals surface area contributed by atoms with Gasteiger partial charge in [0, 0.05) is 56.0 Å². The molecule has 3 aliphatic heterocycles. The van der Waals surface area contributed by atoms with E-state index < -0.39 is 5.54 Å². The average Bonchev–Trinajstić information content (AvgIpc) is 3.41. The Morgan fingerprint density at radius 3 is 2.03 bits per heavy atom. The zero-order valence-electron chi connectivity index (χ0n) is 22.8. The third-order valence-corrected chi connectivity index (χ3v) is 9.15. The smallest absolute Gasteiger partial charge is 0.319 e. The van der Waals surface area contributed by atoms with Crippen molar-refractivity contribution >= 4 is 52.1 Å². The predicted octanol–water partition coefficient (Wildman–Crippen LogP) is 6.06. The van der Waals surface area contributed by atoms with Crippen molar-refractivity contribution in [2.75, 3.05) is 40.3 Å². The van der Waals surface area contributed by atoms with Crippen molar-refractivity contribution in [3.63, 3.8) is 0 Å². The minimum absolute atomic E-state index is 0.000745. The summed E-state index contributed by atoms with van der Waals surface area (Å²) in [6.45, 7) is 8.43. The predicted molar refractivity (Wildman–Crippen MR) is 159 cm³/mol. The van der Waals surface area contributed by atoms with Crippen LogP contribution < -0.4 is 0 Å². The van der Waals surface area contributed by atoms with E-state index >= 15 is 0 Å². The Hall–Kier alpha value is -2.68. The Balaban J connectivity index is 1.51. The summed E-state index contributed by atoms with van der Waals surface area (Å²) in [4.78, 5) is 39.8. The number of fused-ring (bicyclic) bond motifs is 1. The lowest BCUT2D eigenvalue weighted by molar-refractivity contribution is -0.127. The second kappa shape index (κ2) is 10.7. The van der Waals surface area contributed by atoms with Gasteiger partial charge in [0.1, 0.15) is 10.4 Å². The van der Waals surface area contributed by atoms with Crippen molar-refractivity contribution in [3.8, 4) is 0 Å². The highest BCUT2D eigenvalue weighted by Crippen LogP contribution is 2.56. The van der Waals surface area contributed by atoms with Gasteiger partial charge in [-0.2, -0.15) is 0 Å². The zero-order chi connectivity index (χ0) is 28.1. The first-order valence-corrected chi connectivity index (χ1v) is 14.7. The summed E-state index contributed by atoms with van der Waals surface area (Å²) in [7, 11) is 3.50. The SMILES string of the molecule is CC(C)C1=C(C(=O)N2CCN(C(=O)N(C)C)CC2)SC2=NC(C)(c3ccc(Cl)cc3)C(c3ccc(Cl)cc3)N21. The molecule has 3 heterocycles. The summed E-state index contributed by atoms with van der Waals surface area (Å²) >= 11 is 13.9. The first-order chi connectivity index (χ1) is 18.5. The van der Waals surface area contributed by atoms with Gasteiger partial charge < -0.3 is 19.6 Å². The fourth-order valence-corrected chi connectivity index (χ4v) is 7.22. The molecule has 2 aromatic carbocycles. The Kier molecular flexibility index (Phi) is 7.65. The number of halogens is 2. The molecule has 3 amide bonds. The Bertz CT molecular complexity index is 1330. The highest BCUT2D eigenvalue weighted by molar-refractivity contribution is 8.18. The van der Waals surface area contributed by atoms with Gasteiger partial charge in [-0.1, -0.05) is 61.3 Å². The first-order valence-electron chi connectivity index (χ1n) is 13.1. The Morgan fingerprint density at radius 1 is 0.949 bits per heavy atom. The van der Waals surface area contributed by atoms with E-state index in [2.05, 4.69) is 25.7 Å². The molecule has 39 heavy (non-hydrogen) atoms. The van der Waals surface area contributed by atoms with Crippen LogP contribution in [0.2, 0.25) is 10.0 Å². The number of aliphatic imine (C=N–C) groups is 1. The first kappa shape index (κ1) is 27.9. The highest BCUT2D eigenvalue weighted by atomic mass is 35.5. The van der Waals surface area contributed by atoms with Crippen LogP contribution in [0.4, 0.5) is 4.79 Å². The standard InChI is InChI=1S/C29H33Cl2N5O2S/c1-18(2)23-24(26(37)34-14-16-35(17-15-34)28(38)33(4)5)39-27-32-29(3,20-8-12-22(31)13-9-20)25(36(23)27)19-6-10-21(30)11-7-19/h6-13,18,25H,14-17H2,1-5H3. The van der Waals surface area contributed by atoms with E-state index in [1.54, 1.807) is 23.9 Å². The second-order valence-electron chi connectivity index (χ2n) is 10.8. The van der Waals surface area contributed by atoms with Gasteiger partial charge in [0.15, 0.2) is 5.17 Å². The molecule has 1 fully saturated rings. The topological polar surface area (TPSA) is 59.5 Å². The molecule has 0 spiro atoms. The van der Waals surface area contributed by atoms with Gasteiger partial charge in [0.25, 0.3) is 5.91 Å². The van der Waals surface area contributed by atoms with E-state index in [9.17, 15) is 9.59 Å².